The van der Waals surface area contributed by atoms with E-state index in [1.54, 1.807) is 0 Å². The van der Waals surface area contributed by atoms with E-state index in [0.717, 1.165) is 32.7 Å². The van der Waals surface area contributed by atoms with Crippen LogP contribution in [0.4, 0.5) is 34.9 Å². The minimum absolute atomic E-state index is 0.0384. The zero-order valence-electron chi connectivity index (χ0n) is 16.8. The highest BCUT2D eigenvalue weighted by molar-refractivity contribution is 9.10. The Labute approximate surface area is 188 Å². The lowest BCUT2D eigenvalue weighted by atomic mass is 10.2. The van der Waals surface area contributed by atoms with E-state index in [4.69, 9.17) is 0 Å². The molecule has 4 N–H and O–H groups in total. The van der Waals surface area contributed by atoms with Crippen LogP contribution in [-0.4, -0.2) is 20.1 Å². The molecule has 1 heterocycles. The molecular weight excluding hydrogens is 456 g/mol. The van der Waals surface area contributed by atoms with Crippen molar-refractivity contribution in [1.29, 1.82) is 0 Å². The van der Waals surface area contributed by atoms with Crippen molar-refractivity contribution < 1.29 is 5.11 Å². The molecule has 1 aromatic heterocycles. The van der Waals surface area contributed by atoms with Gasteiger partial charge in [0.15, 0.2) is 0 Å². The first-order valence-electron chi connectivity index (χ1n) is 9.66. The molecule has 0 aliphatic carbocycles. The van der Waals surface area contributed by atoms with Crippen LogP contribution < -0.4 is 16.0 Å². The van der Waals surface area contributed by atoms with Gasteiger partial charge in [0.1, 0.15) is 0 Å². The highest BCUT2D eigenvalue weighted by Gasteiger charge is 2.09. The molecule has 156 valence electrons. The minimum Gasteiger partial charge on any atom is -0.392 e. The molecule has 0 bridgehead atoms. The summed E-state index contributed by atoms with van der Waals surface area (Å²) in [6.07, 6.45) is 0. The number of rotatable bonds is 7. The number of aliphatic hydroxyl groups excluding tert-OH is 1. The molecule has 0 spiro atoms. The number of aliphatic hydroxyl groups is 1. The van der Waals surface area contributed by atoms with Crippen LogP contribution in [0.5, 0.6) is 0 Å². The Morgan fingerprint density at radius 3 is 1.84 bits per heavy atom. The molecule has 31 heavy (non-hydrogen) atoms. The molecular formula is C23H21BrN6O. The van der Waals surface area contributed by atoms with Crippen molar-refractivity contribution in [3.8, 4) is 0 Å². The predicted molar refractivity (Wildman–Crippen MR) is 127 cm³/mol. The lowest BCUT2D eigenvalue weighted by Crippen LogP contribution is -2.07. The van der Waals surface area contributed by atoms with Gasteiger partial charge in [0.2, 0.25) is 17.8 Å². The number of nitrogens with zero attached hydrogens (tertiary/aromatic N) is 3. The summed E-state index contributed by atoms with van der Waals surface area (Å²) in [6.45, 7) is 1.99. The van der Waals surface area contributed by atoms with Crippen molar-refractivity contribution in [3.63, 3.8) is 0 Å². The molecule has 0 aliphatic heterocycles. The first-order valence-corrected chi connectivity index (χ1v) is 10.5. The third-order valence-corrected chi connectivity index (χ3v) is 4.90. The summed E-state index contributed by atoms with van der Waals surface area (Å²) < 4.78 is 0.988. The first kappa shape index (κ1) is 20.8. The Morgan fingerprint density at radius 1 is 0.710 bits per heavy atom. The molecule has 0 fully saturated rings. The third-order valence-electron chi connectivity index (χ3n) is 4.38. The van der Waals surface area contributed by atoms with Gasteiger partial charge in [0, 0.05) is 21.5 Å². The standard InChI is InChI=1S/C23H21BrN6O/c1-15-4-2-6-19(12-15)26-22-28-21(25-18-10-8-17(24)9-11-18)29-23(30-22)27-20-7-3-5-16(13-20)14-31/h2-13,31H,14H2,1H3,(H3,25,26,27,28,29,30). The number of nitrogens with one attached hydrogen (secondary N) is 3. The number of aromatic nitrogens is 3. The van der Waals surface area contributed by atoms with E-state index in [1.807, 2.05) is 79.7 Å². The van der Waals surface area contributed by atoms with Crippen LogP contribution in [0.3, 0.4) is 0 Å². The first-order chi connectivity index (χ1) is 15.1. The molecule has 0 aliphatic rings. The SMILES string of the molecule is Cc1cccc(Nc2nc(Nc3ccc(Br)cc3)nc(Nc3cccc(CO)c3)n2)c1. The number of halogens is 1. The highest BCUT2D eigenvalue weighted by Crippen LogP contribution is 2.22. The van der Waals surface area contributed by atoms with Crippen LogP contribution >= 0.6 is 15.9 Å². The second kappa shape index (κ2) is 9.55. The van der Waals surface area contributed by atoms with Gasteiger partial charge in [-0.25, -0.2) is 0 Å². The molecule has 0 radical (unpaired) electrons. The average Bonchev–Trinajstić information content (AvgIpc) is 2.75. The van der Waals surface area contributed by atoms with Gasteiger partial charge in [-0.15, -0.1) is 0 Å². The average molecular weight is 477 g/mol. The van der Waals surface area contributed by atoms with E-state index in [-0.39, 0.29) is 6.61 Å². The lowest BCUT2D eigenvalue weighted by molar-refractivity contribution is 0.282. The summed E-state index contributed by atoms with van der Waals surface area (Å²) in [5, 5.41) is 19.0. The molecule has 0 saturated heterocycles. The second-order valence-corrected chi connectivity index (χ2v) is 7.83. The second-order valence-electron chi connectivity index (χ2n) is 6.92. The van der Waals surface area contributed by atoms with Crippen molar-refractivity contribution in [3.05, 3.63) is 88.4 Å². The Hall–Kier alpha value is -3.49. The summed E-state index contributed by atoms with van der Waals surface area (Å²) in [5.74, 6) is 1.18. The molecule has 8 heteroatoms. The monoisotopic (exact) mass is 476 g/mol. The molecule has 7 nitrogen and oxygen atoms in total. The largest absolute Gasteiger partial charge is 0.392 e. The number of benzene rings is 3. The number of hydrogen-bond acceptors (Lipinski definition) is 7. The van der Waals surface area contributed by atoms with Crippen LogP contribution in [-0.2, 0) is 6.61 Å². The van der Waals surface area contributed by atoms with Crippen molar-refractivity contribution in [1.82, 2.24) is 15.0 Å². The highest BCUT2D eigenvalue weighted by atomic mass is 79.9. The fourth-order valence-corrected chi connectivity index (χ4v) is 3.20. The van der Waals surface area contributed by atoms with Gasteiger partial charge in [-0.3, -0.25) is 0 Å². The van der Waals surface area contributed by atoms with Crippen LogP contribution in [0.25, 0.3) is 0 Å². The summed E-state index contributed by atoms with van der Waals surface area (Å²) in [4.78, 5) is 13.5. The van der Waals surface area contributed by atoms with Crippen LogP contribution in [0.15, 0.2) is 77.3 Å². The van der Waals surface area contributed by atoms with E-state index < -0.39 is 0 Å². The van der Waals surface area contributed by atoms with Crippen molar-refractivity contribution in [2.45, 2.75) is 13.5 Å². The lowest BCUT2D eigenvalue weighted by Gasteiger charge is -2.12. The molecule has 4 aromatic rings. The van der Waals surface area contributed by atoms with E-state index in [0.29, 0.717) is 17.8 Å². The topological polar surface area (TPSA) is 95.0 Å². The van der Waals surface area contributed by atoms with Gasteiger partial charge in [-0.05, 0) is 66.6 Å². The summed E-state index contributed by atoms with van der Waals surface area (Å²) in [6, 6.07) is 23.2. The van der Waals surface area contributed by atoms with Crippen molar-refractivity contribution in [2.75, 3.05) is 16.0 Å². The molecule has 0 atom stereocenters. The van der Waals surface area contributed by atoms with Gasteiger partial charge in [-0.2, -0.15) is 15.0 Å². The Morgan fingerprint density at radius 2 is 1.26 bits per heavy atom. The van der Waals surface area contributed by atoms with Gasteiger partial charge in [0.05, 0.1) is 6.61 Å². The maximum atomic E-state index is 9.39. The van der Waals surface area contributed by atoms with Crippen molar-refractivity contribution >= 4 is 50.8 Å². The van der Waals surface area contributed by atoms with Gasteiger partial charge in [-0.1, -0.05) is 40.2 Å². The van der Waals surface area contributed by atoms with Crippen molar-refractivity contribution in [2.24, 2.45) is 0 Å². The molecule has 0 unspecified atom stereocenters. The number of aryl methyl sites for hydroxylation is 1. The van der Waals surface area contributed by atoms with E-state index >= 15 is 0 Å². The molecule has 4 rings (SSSR count). The fraction of sp³-hybridized carbons (Fsp3) is 0.0870. The van der Waals surface area contributed by atoms with Crippen LogP contribution in [0.2, 0.25) is 0 Å². The summed E-state index contributed by atoms with van der Waals surface area (Å²) in [5.41, 5.74) is 4.43. The Kier molecular flexibility index (Phi) is 6.40. The number of hydrogen-bond donors (Lipinski definition) is 4. The Balaban J connectivity index is 1.65. The summed E-state index contributed by atoms with van der Waals surface area (Å²) in [7, 11) is 0. The van der Waals surface area contributed by atoms with E-state index in [1.165, 1.54) is 0 Å². The molecule has 0 saturated carbocycles. The minimum atomic E-state index is -0.0384. The summed E-state index contributed by atoms with van der Waals surface area (Å²) >= 11 is 3.44. The molecule has 0 amide bonds. The fourth-order valence-electron chi connectivity index (χ4n) is 2.93. The van der Waals surface area contributed by atoms with Crippen LogP contribution in [0.1, 0.15) is 11.1 Å². The normalized spacial score (nSPS) is 10.5. The predicted octanol–water partition coefficient (Wildman–Crippen LogP) is 5.67. The number of anilines is 6. The zero-order valence-corrected chi connectivity index (χ0v) is 18.4. The van der Waals surface area contributed by atoms with Gasteiger partial charge >= 0.3 is 0 Å². The smallest absolute Gasteiger partial charge is 0.233 e. The van der Waals surface area contributed by atoms with Crippen LogP contribution in [0, 0.1) is 6.92 Å². The molecule has 3 aromatic carbocycles. The maximum Gasteiger partial charge on any atom is 0.233 e. The third kappa shape index (κ3) is 5.78. The quantitative estimate of drug-likeness (QED) is 0.273. The van der Waals surface area contributed by atoms with E-state index in [2.05, 4.69) is 46.8 Å². The Bertz CT molecular complexity index is 1180. The van der Waals surface area contributed by atoms with Gasteiger partial charge in [0.25, 0.3) is 0 Å². The van der Waals surface area contributed by atoms with E-state index in [9.17, 15) is 5.11 Å². The zero-order chi connectivity index (χ0) is 21.6. The maximum absolute atomic E-state index is 9.39. The van der Waals surface area contributed by atoms with Gasteiger partial charge < -0.3 is 21.1 Å².